The van der Waals surface area contributed by atoms with Crippen LogP contribution < -0.4 is 10.6 Å². The van der Waals surface area contributed by atoms with Crippen LogP contribution in [-0.4, -0.2) is 30.1 Å². The molecule has 0 aliphatic carbocycles. The molecule has 0 aromatic carbocycles. The lowest BCUT2D eigenvalue weighted by atomic mass is 10.3. The molecule has 0 saturated heterocycles. The Morgan fingerprint density at radius 2 is 2.29 bits per heavy atom. The summed E-state index contributed by atoms with van der Waals surface area (Å²) in [6.45, 7) is 1.82. The van der Waals surface area contributed by atoms with Gasteiger partial charge < -0.3 is 20.3 Å². The third-order valence-corrected chi connectivity index (χ3v) is 1.73. The second kappa shape index (κ2) is 3.99. The quantitative estimate of drug-likeness (QED) is 0.316. The predicted molar refractivity (Wildman–Crippen MR) is 52.7 cm³/mol. The average Bonchev–Trinajstić information content (AvgIpc) is 2.48. The van der Waals surface area contributed by atoms with Gasteiger partial charge in [0, 0.05) is 14.1 Å². The number of oxazole rings is 1. The van der Waals surface area contributed by atoms with Crippen LogP contribution in [0, 0.1) is 6.92 Å². The minimum Gasteiger partial charge on any atom is -0.428 e. The molecule has 1 rings (SSSR count). The molecular weight excluding hydrogens is 184 g/mol. The van der Waals surface area contributed by atoms with Gasteiger partial charge in [-0.05, 0) is 6.92 Å². The van der Waals surface area contributed by atoms with Crippen molar-refractivity contribution in [1.82, 2.24) is 4.98 Å². The summed E-state index contributed by atoms with van der Waals surface area (Å²) < 4.78 is 5.39. The molecular formula is C8H14N4O2. The molecule has 0 amide bonds. The number of nitrogens with two attached hydrogens (primary N) is 1. The number of rotatable bonds is 3. The van der Waals surface area contributed by atoms with Crippen molar-refractivity contribution in [3.63, 3.8) is 0 Å². The maximum absolute atomic E-state index is 8.39. The Morgan fingerprint density at radius 1 is 1.64 bits per heavy atom. The molecule has 1 aromatic heterocycles. The minimum absolute atomic E-state index is 0.106. The zero-order chi connectivity index (χ0) is 10.7. The first-order valence-electron chi connectivity index (χ1n) is 4.14. The molecule has 78 valence electrons. The van der Waals surface area contributed by atoms with E-state index < -0.39 is 0 Å². The van der Waals surface area contributed by atoms with Crippen LogP contribution in [0.15, 0.2) is 9.57 Å². The van der Waals surface area contributed by atoms with Gasteiger partial charge in [-0.1, -0.05) is 5.16 Å². The highest BCUT2D eigenvalue weighted by atomic mass is 16.4. The molecule has 0 aliphatic heterocycles. The summed E-state index contributed by atoms with van der Waals surface area (Å²) in [6, 6.07) is 0.517. The normalized spacial score (nSPS) is 11.8. The lowest BCUT2D eigenvalue weighted by molar-refractivity contribution is 0.316. The van der Waals surface area contributed by atoms with Crippen molar-refractivity contribution < 1.29 is 9.62 Å². The molecule has 0 radical (unpaired) electrons. The third kappa shape index (κ3) is 2.15. The number of oxime groups is 1. The van der Waals surface area contributed by atoms with Crippen LogP contribution in [0.25, 0.3) is 0 Å². The highest BCUT2D eigenvalue weighted by molar-refractivity contribution is 5.81. The number of aryl methyl sites for hydroxylation is 1. The lowest BCUT2D eigenvalue weighted by Crippen LogP contribution is -2.14. The van der Waals surface area contributed by atoms with E-state index in [9.17, 15) is 0 Å². The van der Waals surface area contributed by atoms with Crippen molar-refractivity contribution in [1.29, 1.82) is 0 Å². The van der Waals surface area contributed by atoms with E-state index in [4.69, 9.17) is 15.4 Å². The molecule has 6 nitrogen and oxygen atoms in total. The van der Waals surface area contributed by atoms with E-state index in [1.165, 1.54) is 0 Å². The Balaban J connectivity index is 2.88. The second-order valence-corrected chi connectivity index (χ2v) is 3.17. The second-order valence-electron chi connectivity index (χ2n) is 3.17. The third-order valence-electron chi connectivity index (χ3n) is 1.73. The summed E-state index contributed by atoms with van der Waals surface area (Å²) in [6.07, 6.45) is 0.267. The standard InChI is InChI=1S/C8H14N4O2/c1-5-6(4-7(9)11-13)14-8(10-5)12(2)3/h13H,4H2,1-3H3,(H2,9,11). The SMILES string of the molecule is Cc1nc(N(C)C)oc1C/C(N)=N/O. The molecule has 0 atom stereocenters. The summed E-state index contributed by atoms with van der Waals surface area (Å²) in [5, 5.41) is 11.3. The number of anilines is 1. The van der Waals surface area contributed by atoms with Crippen molar-refractivity contribution >= 4 is 11.9 Å². The molecule has 6 heteroatoms. The zero-order valence-electron chi connectivity index (χ0n) is 8.48. The van der Waals surface area contributed by atoms with Crippen molar-refractivity contribution in [2.24, 2.45) is 10.9 Å². The van der Waals surface area contributed by atoms with E-state index in [1.807, 2.05) is 21.0 Å². The fourth-order valence-corrected chi connectivity index (χ4v) is 0.968. The van der Waals surface area contributed by atoms with Crippen LogP contribution >= 0.6 is 0 Å². The molecule has 3 N–H and O–H groups in total. The highest BCUT2D eigenvalue weighted by Crippen LogP contribution is 2.16. The van der Waals surface area contributed by atoms with Crippen molar-refractivity contribution in [2.45, 2.75) is 13.3 Å². The van der Waals surface area contributed by atoms with Crippen LogP contribution in [0.4, 0.5) is 6.01 Å². The molecule has 1 aromatic rings. The number of amidine groups is 1. The van der Waals surface area contributed by atoms with E-state index in [0.29, 0.717) is 11.8 Å². The first-order valence-corrected chi connectivity index (χ1v) is 4.14. The molecule has 0 aliphatic rings. The van der Waals surface area contributed by atoms with Gasteiger partial charge >= 0.3 is 0 Å². The van der Waals surface area contributed by atoms with Gasteiger partial charge in [0.2, 0.25) is 0 Å². The van der Waals surface area contributed by atoms with E-state index in [-0.39, 0.29) is 12.3 Å². The Hall–Kier alpha value is -1.72. The highest BCUT2D eigenvalue weighted by Gasteiger charge is 2.12. The van der Waals surface area contributed by atoms with Gasteiger partial charge in [-0.3, -0.25) is 0 Å². The monoisotopic (exact) mass is 198 g/mol. The number of hydrogen-bond donors (Lipinski definition) is 2. The summed E-state index contributed by atoms with van der Waals surface area (Å²) in [5.74, 6) is 0.721. The summed E-state index contributed by atoms with van der Waals surface area (Å²) in [4.78, 5) is 5.92. The van der Waals surface area contributed by atoms with Crippen LogP contribution in [0.1, 0.15) is 11.5 Å². The molecule has 0 unspecified atom stereocenters. The molecule has 0 spiro atoms. The van der Waals surface area contributed by atoms with Gasteiger partial charge in [0.05, 0.1) is 12.1 Å². The fourth-order valence-electron chi connectivity index (χ4n) is 0.968. The Bertz CT molecular complexity index is 343. The first-order chi connectivity index (χ1) is 6.54. The topological polar surface area (TPSA) is 87.9 Å². The summed E-state index contributed by atoms with van der Waals surface area (Å²) in [5.41, 5.74) is 6.11. The van der Waals surface area contributed by atoms with Crippen LogP contribution in [-0.2, 0) is 6.42 Å². The van der Waals surface area contributed by atoms with Gasteiger partial charge in [0.1, 0.15) is 11.6 Å². The van der Waals surface area contributed by atoms with Gasteiger partial charge in [-0.2, -0.15) is 4.98 Å². The van der Waals surface area contributed by atoms with Crippen molar-refractivity contribution in [3.8, 4) is 0 Å². The Morgan fingerprint density at radius 3 is 2.71 bits per heavy atom. The van der Waals surface area contributed by atoms with E-state index >= 15 is 0 Å². The van der Waals surface area contributed by atoms with E-state index in [1.54, 1.807) is 4.90 Å². The van der Waals surface area contributed by atoms with Crippen LogP contribution in [0.3, 0.4) is 0 Å². The van der Waals surface area contributed by atoms with Gasteiger partial charge in [-0.25, -0.2) is 0 Å². The number of hydrogen-bond acceptors (Lipinski definition) is 5. The Kier molecular flexibility index (Phi) is 2.95. The Labute approximate surface area is 82.0 Å². The van der Waals surface area contributed by atoms with Crippen LogP contribution in [0.5, 0.6) is 0 Å². The van der Waals surface area contributed by atoms with Gasteiger partial charge in [0.15, 0.2) is 0 Å². The van der Waals surface area contributed by atoms with Crippen LogP contribution in [0.2, 0.25) is 0 Å². The largest absolute Gasteiger partial charge is 0.428 e. The average molecular weight is 198 g/mol. The summed E-state index contributed by atoms with van der Waals surface area (Å²) in [7, 11) is 3.66. The lowest BCUT2D eigenvalue weighted by Gasteiger charge is -2.03. The maximum Gasteiger partial charge on any atom is 0.297 e. The fraction of sp³-hybridized carbons (Fsp3) is 0.500. The van der Waals surface area contributed by atoms with E-state index in [0.717, 1.165) is 5.69 Å². The smallest absolute Gasteiger partial charge is 0.297 e. The van der Waals surface area contributed by atoms with Crippen molar-refractivity contribution in [2.75, 3.05) is 19.0 Å². The van der Waals surface area contributed by atoms with E-state index in [2.05, 4.69) is 10.1 Å². The number of nitrogens with zero attached hydrogens (tertiary/aromatic N) is 3. The predicted octanol–water partition coefficient (Wildman–Crippen LogP) is 0.338. The van der Waals surface area contributed by atoms with Gasteiger partial charge in [0.25, 0.3) is 6.01 Å². The van der Waals surface area contributed by atoms with Crippen molar-refractivity contribution in [3.05, 3.63) is 11.5 Å². The zero-order valence-corrected chi connectivity index (χ0v) is 8.48. The first kappa shape index (κ1) is 10.4. The van der Waals surface area contributed by atoms with Gasteiger partial charge in [-0.15, -0.1) is 0 Å². The maximum atomic E-state index is 8.39. The molecule has 1 heterocycles. The molecule has 0 bridgehead atoms. The molecule has 0 fully saturated rings. The molecule has 0 saturated carbocycles. The molecule has 14 heavy (non-hydrogen) atoms. The minimum atomic E-state index is 0.106. The summed E-state index contributed by atoms with van der Waals surface area (Å²) >= 11 is 0. The number of aromatic nitrogens is 1.